The molecule has 0 spiro atoms. The van der Waals surface area contributed by atoms with Crippen molar-refractivity contribution < 1.29 is 0 Å². The average Bonchev–Trinajstić information content (AvgIpc) is 2.65. The second-order valence-electron chi connectivity index (χ2n) is 5.76. The fraction of sp³-hybridized carbons (Fsp3) is 1.00. The third-order valence-corrected chi connectivity index (χ3v) is 4.66. The highest BCUT2D eigenvalue weighted by atomic mass is 15.2. The highest BCUT2D eigenvalue weighted by molar-refractivity contribution is 4.96. The predicted molar refractivity (Wildman–Crippen MR) is 65.1 cm³/mol. The van der Waals surface area contributed by atoms with E-state index in [1.54, 1.807) is 0 Å². The maximum absolute atomic E-state index is 3.43. The SMILES string of the molecule is CNC1CCN(C2(C)CCCC2)C(C)C1. The Bertz CT molecular complexity index is 209. The molecule has 0 aromatic heterocycles. The molecule has 1 N–H and O–H groups in total. The topological polar surface area (TPSA) is 15.3 Å². The molecular formula is C13H26N2. The molecule has 2 heteroatoms. The van der Waals surface area contributed by atoms with Gasteiger partial charge in [-0.25, -0.2) is 0 Å². The predicted octanol–water partition coefficient (Wildman–Crippen LogP) is 2.39. The number of rotatable bonds is 2. The number of nitrogens with zero attached hydrogens (tertiary/aromatic N) is 1. The van der Waals surface area contributed by atoms with Crippen molar-refractivity contribution in [3.05, 3.63) is 0 Å². The zero-order valence-electron chi connectivity index (χ0n) is 10.6. The Balaban J connectivity index is 1.98. The minimum absolute atomic E-state index is 0.526. The summed E-state index contributed by atoms with van der Waals surface area (Å²) >= 11 is 0. The van der Waals surface area contributed by atoms with Crippen LogP contribution in [0, 0.1) is 0 Å². The third-order valence-electron chi connectivity index (χ3n) is 4.66. The number of nitrogens with one attached hydrogen (secondary N) is 1. The molecule has 2 aliphatic rings. The maximum atomic E-state index is 3.43. The Morgan fingerprint density at radius 1 is 1.27 bits per heavy atom. The molecule has 2 rings (SSSR count). The first-order chi connectivity index (χ1) is 7.15. The van der Waals surface area contributed by atoms with Crippen LogP contribution in [-0.4, -0.2) is 36.1 Å². The summed E-state index contributed by atoms with van der Waals surface area (Å²) in [6.07, 6.45) is 8.37. The van der Waals surface area contributed by atoms with Crippen molar-refractivity contribution in [3.63, 3.8) is 0 Å². The molecule has 1 heterocycles. The Labute approximate surface area is 94.4 Å². The molecule has 15 heavy (non-hydrogen) atoms. The minimum Gasteiger partial charge on any atom is -0.317 e. The van der Waals surface area contributed by atoms with Crippen LogP contribution in [0.1, 0.15) is 52.4 Å². The van der Waals surface area contributed by atoms with E-state index in [1.165, 1.54) is 45.1 Å². The van der Waals surface area contributed by atoms with Crippen molar-refractivity contribution >= 4 is 0 Å². The zero-order valence-corrected chi connectivity index (χ0v) is 10.6. The van der Waals surface area contributed by atoms with Crippen LogP contribution in [0.3, 0.4) is 0 Å². The van der Waals surface area contributed by atoms with Crippen LogP contribution in [0.15, 0.2) is 0 Å². The summed E-state index contributed by atoms with van der Waals surface area (Å²) in [5.41, 5.74) is 0.526. The van der Waals surface area contributed by atoms with E-state index in [0.717, 1.165) is 12.1 Å². The van der Waals surface area contributed by atoms with E-state index in [4.69, 9.17) is 0 Å². The van der Waals surface area contributed by atoms with Gasteiger partial charge in [0.15, 0.2) is 0 Å². The number of hydrogen-bond acceptors (Lipinski definition) is 2. The van der Waals surface area contributed by atoms with Gasteiger partial charge in [-0.05, 0) is 46.6 Å². The van der Waals surface area contributed by atoms with Gasteiger partial charge in [-0.3, -0.25) is 4.90 Å². The van der Waals surface area contributed by atoms with Crippen molar-refractivity contribution in [2.75, 3.05) is 13.6 Å². The van der Waals surface area contributed by atoms with Crippen LogP contribution < -0.4 is 5.32 Å². The van der Waals surface area contributed by atoms with Gasteiger partial charge in [0.25, 0.3) is 0 Å². The molecule has 2 unspecified atom stereocenters. The van der Waals surface area contributed by atoms with Crippen molar-refractivity contribution in [2.24, 2.45) is 0 Å². The molecule has 0 amide bonds. The second kappa shape index (κ2) is 4.42. The minimum atomic E-state index is 0.526. The number of likely N-dealkylation sites (tertiary alicyclic amines) is 1. The molecule has 0 bridgehead atoms. The monoisotopic (exact) mass is 210 g/mol. The van der Waals surface area contributed by atoms with Crippen molar-refractivity contribution in [3.8, 4) is 0 Å². The molecular weight excluding hydrogens is 184 g/mol. The summed E-state index contributed by atoms with van der Waals surface area (Å²) < 4.78 is 0. The molecule has 88 valence electrons. The van der Waals surface area contributed by atoms with Gasteiger partial charge >= 0.3 is 0 Å². The van der Waals surface area contributed by atoms with Crippen LogP contribution >= 0.6 is 0 Å². The Kier molecular flexibility index (Phi) is 3.36. The van der Waals surface area contributed by atoms with E-state index in [-0.39, 0.29) is 0 Å². The molecule has 1 saturated carbocycles. The summed E-state index contributed by atoms with van der Waals surface area (Å²) in [7, 11) is 2.10. The van der Waals surface area contributed by atoms with Gasteiger partial charge in [-0.15, -0.1) is 0 Å². The normalized spacial score (nSPS) is 37.0. The smallest absolute Gasteiger partial charge is 0.0184 e. The average molecular weight is 210 g/mol. The van der Waals surface area contributed by atoms with E-state index in [2.05, 4.69) is 31.1 Å². The molecule has 1 aliphatic carbocycles. The molecule has 0 radical (unpaired) electrons. The van der Waals surface area contributed by atoms with Crippen LogP contribution in [-0.2, 0) is 0 Å². The van der Waals surface area contributed by atoms with E-state index in [1.807, 2.05) is 0 Å². The van der Waals surface area contributed by atoms with Crippen LogP contribution in [0.5, 0.6) is 0 Å². The summed E-state index contributed by atoms with van der Waals surface area (Å²) in [6.45, 7) is 6.19. The molecule has 0 aromatic rings. The Hall–Kier alpha value is -0.0800. The van der Waals surface area contributed by atoms with Gasteiger partial charge in [0.1, 0.15) is 0 Å². The van der Waals surface area contributed by atoms with E-state index < -0.39 is 0 Å². The van der Waals surface area contributed by atoms with Crippen molar-refractivity contribution in [1.29, 1.82) is 0 Å². The van der Waals surface area contributed by atoms with Gasteiger partial charge in [-0.2, -0.15) is 0 Å². The first-order valence-corrected chi connectivity index (χ1v) is 6.60. The Morgan fingerprint density at radius 3 is 2.47 bits per heavy atom. The lowest BCUT2D eigenvalue weighted by Gasteiger charge is -2.47. The van der Waals surface area contributed by atoms with Gasteiger partial charge in [0.05, 0.1) is 0 Å². The fourth-order valence-electron chi connectivity index (χ4n) is 3.66. The molecule has 2 fully saturated rings. The molecule has 0 aromatic carbocycles. The van der Waals surface area contributed by atoms with E-state index in [0.29, 0.717) is 5.54 Å². The van der Waals surface area contributed by atoms with E-state index in [9.17, 15) is 0 Å². The van der Waals surface area contributed by atoms with Crippen molar-refractivity contribution in [2.45, 2.75) is 70.0 Å². The van der Waals surface area contributed by atoms with Gasteiger partial charge in [0.2, 0.25) is 0 Å². The first-order valence-electron chi connectivity index (χ1n) is 6.60. The highest BCUT2D eigenvalue weighted by Crippen LogP contribution is 2.38. The second-order valence-corrected chi connectivity index (χ2v) is 5.76. The highest BCUT2D eigenvalue weighted by Gasteiger charge is 2.39. The Morgan fingerprint density at radius 2 is 1.93 bits per heavy atom. The van der Waals surface area contributed by atoms with Crippen molar-refractivity contribution in [1.82, 2.24) is 10.2 Å². The van der Waals surface area contributed by atoms with Gasteiger partial charge in [0, 0.05) is 24.2 Å². The van der Waals surface area contributed by atoms with Crippen LogP contribution in [0.2, 0.25) is 0 Å². The number of piperidine rings is 1. The lowest BCUT2D eigenvalue weighted by atomic mass is 9.89. The number of hydrogen-bond donors (Lipinski definition) is 1. The third kappa shape index (κ3) is 2.21. The summed E-state index contributed by atoms with van der Waals surface area (Å²) in [6, 6.07) is 1.51. The van der Waals surface area contributed by atoms with Gasteiger partial charge in [-0.1, -0.05) is 12.8 Å². The standard InChI is InChI=1S/C13H26N2/c1-11-10-12(14-3)6-9-15(11)13(2)7-4-5-8-13/h11-12,14H,4-10H2,1-3H3. The lowest BCUT2D eigenvalue weighted by molar-refractivity contribution is 0.0304. The van der Waals surface area contributed by atoms with Crippen LogP contribution in [0.25, 0.3) is 0 Å². The molecule has 1 aliphatic heterocycles. The maximum Gasteiger partial charge on any atom is 0.0184 e. The summed E-state index contributed by atoms with van der Waals surface area (Å²) in [5, 5.41) is 3.43. The molecule has 1 saturated heterocycles. The summed E-state index contributed by atoms with van der Waals surface area (Å²) in [5.74, 6) is 0. The zero-order chi connectivity index (χ0) is 10.9. The largest absolute Gasteiger partial charge is 0.317 e. The van der Waals surface area contributed by atoms with Gasteiger partial charge < -0.3 is 5.32 Å². The lowest BCUT2D eigenvalue weighted by Crippen LogP contribution is -2.55. The molecule has 2 nitrogen and oxygen atoms in total. The van der Waals surface area contributed by atoms with Crippen LogP contribution in [0.4, 0.5) is 0 Å². The fourth-order valence-corrected chi connectivity index (χ4v) is 3.66. The first kappa shape index (κ1) is 11.4. The summed E-state index contributed by atoms with van der Waals surface area (Å²) in [4.78, 5) is 2.79. The van der Waals surface area contributed by atoms with E-state index >= 15 is 0 Å². The quantitative estimate of drug-likeness (QED) is 0.753. The molecule has 2 atom stereocenters.